The van der Waals surface area contributed by atoms with Gasteiger partial charge in [-0.1, -0.05) is 300 Å². The molecule has 0 unspecified atom stereocenters. The van der Waals surface area contributed by atoms with Gasteiger partial charge in [0.2, 0.25) is 0 Å². The third-order valence-corrected chi connectivity index (χ3v) is 19.1. The Kier molecular flexibility index (Phi) is 16.0. The number of para-hydroxylation sites is 2. The van der Waals surface area contributed by atoms with Crippen molar-refractivity contribution in [2.75, 3.05) is 0 Å². The first-order chi connectivity index (χ1) is 46.8. The number of nitrogens with zero attached hydrogens (tertiary/aromatic N) is 6. The molecular formula is C85H64BBrN6O4. The molecule has 0 atom stereocenters. The third kappa shape index (κ3) is 11.1. The van der Waals surface area contributed by atoms with Gasteiger partial charge in [0.25, 0.3) is 0 Å². The fraction of sp³-hybridized carbons (Fsp3) is 0.0824. The average Bonchev–Trinajstić information content (AvgIpc) is 1.56. The lowest BCUT2D eigenvalue weighted by atomic mass is 9.79. The second kappa shape index (κ2) is 25.1. The van der Waals surface area contributed by atoms with Crippen LogP contribution in [0, 0.1) is 0 Å². The Morgan fingerprint density at radius 3 is 1.07 bits per heavy atom. The molecule has 16 aromatic rings. The average molecular weight is 1320 g/mol. The van der Waals surface area contributed by atoms with Crippen LogP contribution in [-0.2, 0) is 10.8 Å². The minimum atomic E-state index is -1.55. The highest BCUT2D eigenvalue weighted by Crippen LogP contribution is 2.54. The predicted molar refractivity (Wildman–Crippen MR) is 398 cm³/mol. The molecule has 4 aromatic heterocycles. The molecule has 0 amide bonds. The highest BCUT2D eigenvalue weighted by Gasteiger charge is 2.40. The van der Waals surface area contributed by atoms with Crippen LogP contribution in [0.25, 0.3) is 146 Å². The van der Waals surface area contributed by atoms with Crippen LogP contribution in [0.15, 0.2) is 292 Å². The molecule has 12 heteroatoms. The molecule has 2 N–H and O–H groups in total. The Labute approximate surface area is 571 Å². The van der Waals surface area contributed by atoms with E-state index in [1.807, 2.05) is 158 Å². The highest BCUT2D eigenvalue weighted by atomic mass is 79.9. The molecule has 0 fully saturated rings. The van der Waals surface area contributed by atoms with Crippen molar-refractivity contribution >= 4 is 72.4 Å². The van der Waals surface area contributed by atoms with Crippen molar-refractivity contribution in [2.24, 2.45) is 0 Å². The van der Waals surface area contributed by atoms with E-state index in [-0.39, 0.29) is 18.3 Å². The topological polar surface area (TPSA) is 144 Å². The van der Waals surface area contributed by atoms with Crippen LogP contribution >= 0.6 is 15.9 Å². The molecule has 0 aliphatic heterocycles. The number of aromatic nitrogens is 6. The van der Waals surface area contributed by atoms with Gasteiger partial charge in [0.1, 0.15) is 22.3 Å². The molecule has 0 saturated carbocycles. The quantitative estimate of drug-likeness (QED) is 0.141. The number of hydrogen-bond acceptors (Lipinski definition) is 10. The summed E-state index contributed by atoms with van der Waals surface area (Å²) in [5, 5.41) is 23.5. The Morgan fingerprint density at radius 1 is 0.299 bits per heavy atom. The van der Waals surface area contributed by atoms with Crippen molar-refractivity contribution in [2.45, 2.75) is 46.0 Å². The predicted octanol–water partition coefficient (Wildman–Crippen LogP) is 20.6. The Bertz CT molecular complexity index is 5550. The van der Waals surface area contributed by atoms with Crippen molar-refractivity contribution < 1.29 is 18.9 Å². The maximum Gasteiger partial charge on any atom is 0.492 e. The summed E-state index contributed by atoms with van der Waals surface area (Å²) in [6.45, 7) is 9.03. The van der Waals surface area contributed by atoms with Crippen molar-refractivity contribution in [3.05, 3.63) is 306 Å². The van der Waals surface area contributed by atoms with Crippen molar-refractivity contribution in [3.63, 3.8) is 0 Å². The molecule has 10 nitrogen and oxygen atoms in total. The van der Waals surface area contributed by atoms with Gasteiger partial charge < -0.3 is 18.9 Å². The van der Waals surface area contributed by atoms with E-state index >= 15 is 0 Å². The zero-order valence-electron chi connectivity index (χ0n) is 52.9. The fourth-order valence-electron chi connectivity index (χ4n) is 14.0. The van der Waals surface area contributed by atoms with Crippen LogP contribution in [0.5, 0.6) is 0 Å². The number of halogens is 1. The van der Waals surface area contributed by atoms with Gasteiger partial charge in [-0.2, -0.15) is 0 Å². The van der Waals surface area contributed by atoms with Gasteiger partial charge in [-0.15, -0.1) is 0 Å². The second-order valence-electron chi connectivity index (χ2n) is 25.2. The van der Waals surface area contributed by atoms with Gasteiger partial charge in [0.15, 0.2) is 34.9 Å². The van der Waals surface area contributed by atoms with E-state index in [0.29, 0.717) is 46.0 Å². The van der Waals surface area contributed by atoms with Crippen LogP contribution in [0.1, 0.15) is 57.4 Å². The molecule has 18 rings (SSSR count). The SMILES string of the molecule is Brc1cccc(-c2nc(-c3ccccc3)nc(-c3ccccc3)n2)c1.C.CC1(C)c2ccccc2-c2ccc3c(oc4c(-c5cccc(-c6nc(-c7ccccc7)nc(-c7ccccc7)n6)c5)cccc43)c21.CC1(C)c2ccccc2-c2ccc3c(oc4c(B(O)O)cccc43)c21. The molecule has 12 aromatic carbocycles. The Morgan fingerprint density at radius 2 is 0.629 bits per heavy atom. The normalized spacial score (nSPS) is 12.8. The number of benzene rings is 12. The summed E-state index contributed by atoms with van der Waals surface area (Å²) in [5.41, 5.74) is 21.1. The summed E-state index contributed by atoms with van der Waals surface area (Å²) in [6, 6.07) is 94.3. The van der Waals surface area contributed by atoms with E-state index in [2.05, 4.69) is 164 Å². The molecule has 4 heterocycles. The molecule has 97 heavy (non-hydrogen) atoms. The Balaban J connectivity index is 0.000000128. The highest BCUT2D eigenvalue weighted by molar-refractivity contribution is 9.10. The van der Waals surface area contributed by atoms with Gasteiger partial charge in [-0.3, -0.25) is 0 Å². The number of rotatable bonds is 8. The van der Waals surface area contributed by atoms with Gasteiger partial charge in [-0.25, -0.2) is 29.9 Å². The van der Waals surface area contributed by atoms with Crippen LogP contribution in [-0.4, -0.2) is 47.1 Å². The van der Waals surface area contributed by atoms with Crippen LogP contribution in [0.2, 0.25) is 0 Å². The second-order valence-corrected chi connectivity index (χ2v) is 26.1. The summed E-state index contributed by atoms with van der Waals surface area (Å²) in [4.78, 5) is 28.9. The smallest absolute Gasteiger partial charge is 0.456 e. The summed E-state index contributed by atoms with van der Waals surface area (Å²) in [7, 11) is -1.55. The van der Waals surface area contributed by atoms with E-state index in [9.17, 15) is 10.0 Å². The van der Waals surface area contributed by atoms with Gasteiger partial charge in [0, 0.05) is 92.4 Å². The zero-order chi connectivity index (χ0) is 65.2. The van der Waals surface area contributed by atoms with Crippen molar-refractivity contribution in [1.29, 1.82) is 0 Å². The molecule has 2 aliphatic rings. The first-order valence-corrected chi connectivity index (χ1v) is 32.8. The first kappa shape index (κ1) is 61.9. The lowest BCUT2D eigenvalue weighted by Gasteiger charge is -2.21. The molecule has 0 spiro atoms. The number of fused-ring (bicyclic) bond motifs is 14. The van der Waals surface area contributed by atoms with E-state index in [1.165, 1.54) is 44.5 Å². The van der Waals surface area contributed by atoms with E-state index in [0.717, 1.165) is 87.3 Å². The summed E-state index contributed by atoms with van der Waals surface area (Å²) in [5.74, 6) is 3.92. The minimum absolute atomic E-state index is 0. The number of furan rings is 2. The summed E-state index contributed by atoms with van der Waals surface area (Å²) >= 11 is 3.52. The zero-order valence-corrected chi connectivity index (χ0v) is 54.5. The first-order valence-electron chi connectivity index (χ1n) is 32.0. The largest absolute Gasteiger partial charge is 0.492 e. The molecule has 0 saturated heterocycles. The summed E-state index contributed by atoms with van der Waals surface area (Å²) in [6.07, 6.45) is 0. The van der Waals surface area contributed by atoms with Crippen molar-refractivity contribution in [3.8, 4) is 102 Å². The fourth-order valence-corrected chi connectivity index (χ4v) is 14.4. The Hall–Kier alpha value is -11.3. The minimum Gasteiger partial charge on any atom is -0.456 e. The number of hydrogen-bond donors (Lipinski definition) is 2. The third-order valence-electron chi connectivity index (χ3n) is 18.6. The lowest BCUT2D eigenvalue weighted by Crippen LogP contribution is -2.29. The summed E-state index contributed by atoms with van der Waals surface area (Å²) < 4.78 is 14.1. The van der Waals surface area contributed by atoms with E-state index in [1.54, 1.807) is 6.07 Å². The van der Waals surface area contributed by atoms with Crippen LogP contribution < -0.4 is 5.46 Å². The van der Waals surface area contributed by atoms with E-state index in [4.69, 9.17) is 33.8 Å². The molecule has 0 bridgehead atoms. The molecular weight excluding hydrogens is 1260 g/mol. The maximum atomic E-state index is 9.68. The van der Waals surface area contributed by atoms with Gasteiger partial charge in [0.05, 0.1) is 0 Å². The van der Waals surface area contributed by atoms with Crippen LogP contribution in [0.3, 0.4) is 0 Å². The van der Waals surface area contributed by atoms with E-state index < -0.39 is 7.12 Å². The van der Waals surface area contributed by atoms with Gasteiger partial charge in [-0.05, 0) is 69.3 Å². The lowest BCUT2D eigenvalue weighted by molar-refractivity contribution is 0.425. The van der Waals surface area contributed by atoms with Crippen molar-refractivity contribution in [1.82, 2.24) is 29.9 Å². The standard InChI is InChI=1S/C42H29N3O.C21H17BO3.C21H14BrN3.CH4/c1-42(2)35-22-10-9-19-31(35)32-23-24-34-33-21-12-20-30(37(33)46-38(34)36(32)42)28-17-11-18-29(25-28)41-44-39(26-13-5-3-6-14-26)43-40(45-41)27-15-7-4-8-16-27;1-21(2)16-8-4-3-6-12(16)13-10-11-15-14-7-5-9-17(22(23)24)19(14)25-20(15)18(13)21;22-18-13-7-12-17(14-18)21-24-19(15-8-3-1-4-9-15)23-20(25-21)16-10-5-2-6-11-16;/h3-25H,1-2H3;3-11,23-24H,1-2H3;1-14H;1H4. The monoisotopic (exact) mass is 1320 g/mol. The molecule has 2 aliphatic carbocycles. The molecule has 468 valence electrons. The van der Waals surface area contributed by atoms with Gasteiger partial charge >= 0.3 is 7.12 Å². The van der Waals surface area contributed by atoms with Crippen LogP contribution in [0.4, 0.5) is 0 Å². The molecule has 0 radical (unpaired) electrons. The maximum absolute atomic E-state index is 9.68.